The Bertz CT molecular complexity index is 2860. The molecule has 4 heteroatoms. The first-order valence-corrected chi connectivity index (χ1v) is 17.8. The van der Waals surface area contributed by atoms with Gasteiger partial charge in [0, 0.05) is 27.5 Å². The molecule has 2 aromatic heterocycles. The molecule has 0 saturated heterocycles. The molecular formula is C49H31N3O. The van der Waals surface area contributed by atoms with Crippen LogP contribution in [0.3, 0.4) is 0 Å². The van der Waals surface area contributed by atoms with E-state index in [1.807, 2.05) is 66.7 Å². The minimum absolute atomic E-state index is 0.632. The first-order chi connectivity index (χ1) is 26.2. The Morgan fingerprint density at radius 1 is 0.302 bits per heavy atom. The van der Waals surface area contributed by atoms with Gasteiger partial charge in [0.05, 0.1) is 0 Å². The maximum Gasteiger partial charge on any atom is 0.164 e. The van der Waals surface area contributed by atoms with Crippen LogP contribution in [0.25, 0.3) is 100 Å². The molecule has 10 aromatic rings. The van der Waals surface area contributed by atoms with Crippen LogP contribution in [0.1, 0.15) is 0 Å². The minimum atomic E-state index is 0.632. The molecule has 0 N–H and O–H groups in total. The lowest BCUT2D eigenvalue weighted by Crippen LogP contribution is -2.00. The second-order valence-corrected chi connectivity index (χ2v) is 13.2. The minimum Gasteiger partial charge on any atom is -0.456 e. The van der Waals surface area contributed by atoms with Gasteiger partial charge >= 0.3 is 0 Å². The van der Waals surface area contributed by atoms with Gasteiger partial charge in [0.2, 0.25) is 0 Å². The van der Waals surface area contributed by atoms with Gasteiger partial charge in [-0.1, -0.05) is 164 Å². The predicted octanol–water partition coefficient (Wildman–Crippen LogP) is 12.9. The van der Waals surface area contributed by atoms with Crippen molar-refractivity contribution in [3.63, 3.8) is 0 Å². The van der Waals surface area contributed by atoms with E-state index in [9.17, 15) is 0 Å². The smallest absolute Gasteiger partial charge is 0.164 e. The van der Waals surface area contributed by atoms with Crippen LogP contribution in [-0.4, -0.2) is 15.0 Å². The highest BCUT2D eigenvalue weighted by molar-refractivity contribution is 6.13. The molecule has 0 aliphatic carbocycles. The van der Waals surface area contributed by atoms with Gasteiger partial charge in [-0.3, -0.25) is 0 Å². The number of benzene rings is 8. The quantitative estimate of drug-likeness (QED) is 0.176. The van der Waals surface area contributed by atoms with Crippen LogP contribution in [0.2, 0.25) is 0 Å². The summed E-state index contributed by atoms with van der Waals surface area (Å²) in [6.45, 7) is 0. The topological polar surface area (TPSA) is 51.8 Å². The van der Waals surface area contributed by atoms with Crippen molar-refractivity contribution in [2.75, 3.05) is 0 Å². The molecule has 53 heavy (non-hydrogen) atoms. The summed E-state index contributed by atoms with van der Waals surface area (Å²) >= 11 is 0. The van der Waals surface area contributed by atoms with E-state index in [-0.39, 0.29) is 0 Å². The first kappa shape index (κ1) is 30.6. The molecule has 0 aliphatic rings. The summed E-state index contributed by atoms with van der Waals surface area (Å²) in [5.74, 6) is 1.92. The maximum atomic E-state index is 6.39. The Kier molecular flexibility index (Phi) is 7.43. The van der Waals surface area contributed by atoms with Gasteiger partial charge in [-0.05, 0) is 68.4 Å². The van der Waals surface area contributed by atoms with Gasteiger partial charge in [0.1, 0.15) is 11.2 Å². The summed E-state index contributed by atoms with van der Waals surface area (Å²) in [6, 6.07) is 65.3. The van der Waals surface area contributed by atoms with E-state index in [2.05, 4.69) is 121 Å². The third-order valence-corrected chi connectivity index (χ3v) is 9.95. The van der Waals surface area contributed by atoms with Crippen molar-refractivity contribution in [2.45, 2.75) is 0 Å². The number of fused-ring (bicyclic) bond motifs is 4. The van der Waals surface area contributed by atoms with Crippen molar-refractivity contribution in [1.29, 1.82) is 0 Å². The monoisotopic (exact) mass is 677 g/mol. The molecule has 0 aliphatic heterocycles. The fourth-order valence-electron chi connectivity index (χ4n) is 7.21. The molecule has 10 rings (SSSR count). The SMILES string of the molecule is c1ccc(-c2nc(-c3ccccc3)nc(-c3ccc(-c4cccc5oc6ccc(-c7ccc(-c8ccc9ccccc9c8)cc7)cc6c45)cc3)n2)cc1. The Hall–Kier alpha value is -7.17. The molecule has 8 aromatic carbocycles. The number of rotatable bonds is 6. The zero-order chi connectivity index (χ0) is 35.1. The molecule has 0 unspecified atom stereocenters. The Morgan fingerprint density at radius 3 is 1.43 bits per heavy atom. The largest absolute Gasteiger partial charge is 0.456 e. The van der Waals surface area contributed by atoms with E-state index in [1.54, 1.807) is 0 Å². The Labute approximate surface area is 306 Å². The average Bonchev–Trinajstić information content (AvgIpc) is 3.62. The molecule has 0 spiro atoms. The van der Waals surface area contributed by atoms with Crippen LogP contribution in [0.4, 0.5) is 0 Å². The van der Waals surface area contributed by atoms with E-state index in [0.717, 1.165) is 60.9 Å². The normalized spacial score (nSPS) is 11.4. The second kappa shape index (κ2) is 12.9. The molecule has 0 atom stereocenters. The highest BCUT2D eigenvalue weighted by Gasteiger charge is 2.16. The average molecular weight is 678 g/mol. The van der Waals surface area contributed by atoms with E-state index < -0.39 is 0 Å². The number of hydrogen-bond donors (Lipinski definition) is 0. The van der Waals surface area contributed by atoms with Crippen LogP contribution in [0, 0.1) is 0 Å². The number of hydrogen-bond acceptors (Lipinski definition) is 4. The summed E-state index contributed by atoms with van der Waals surface area (Å²) in [5, 5.41) is 4.69. The van der Waals surface area contributed by atoms with E-state index >= 15 is 0 Å². The van der Waals surface area contributed by atoms with Crippen LogP contribution in [0.5, 0.6) is 0 Å². The van der Waals surface area contributed by atoms with Gasteiger partial charge in [0.25, 0.3) is 0 Å². The lowest BCUT2D eigenvalue weighted by Gasteiger charge is -2.09. The summed E-state index contributed by atoms with van der Waals surface area (Å²) in [5.41, 5.74) is 11.5. The Balaban J connectivity index is 1.01. The summed E-state index contributed by atoms with van der Waals surface area (Å²) in [4.78, 5) is 14.7. The highest BCUT2D eigenvalue weighted by Crippen LogP contribution is 2.39. The third kappa shape index (κ3) is 5.73. The van der Waals surface area contributed by atoms with Crippen molar-refractivity contribution < 1.29 is 4.42 Å². The zero-order valence-electron chi connectivity index (χ0n) is 28.6. The van der Waals surface area contributed by atoms with Gasteiger partial charge < -0.3 is 4.42 Å². The summed E-state index contributed by atoms with van der Waals surface area (Å²) < 4.78 is 6.39. The molecule has 0 amide bonds. The summed E-state index contributed by atoms with van der Waals surface area (Å²) in [7, 11) is 0. The maximum absolute atomic E-state index is 6.39. The van der Waals surface area contributed by atoms with Crippen LogP contribution in [-0.2, 0) is 0 Å². The second-order valence-electron chi connectivity index (χ2n) is 13.2. The Morgan fingerprint density at radius 2 is 0.792 bits per heavy atom. The van der Waals surface area contributed by atoms with Gasteiger partial charge in [-0.15, -0.1) is 0 Å². The fourth-order valence-corrected chi connectivity index (χ4v) is 7.21. The molecule has 4 nitrogen and oxygen atoms in total. The van der Waals surface area contributed by atoms with Crippen molar-refractivity contribution in [3.05, 3.63) is 188 Å². The molecule has 0 radical (unpaired) electrons. The van der Waals surface area contributed by atoms with Gasteiger partial charge in [-0.25, -0.2) is 15.0 Å². The molecule has 248 valence electrons. The van der Waals surface area contributed by atoms with Crippen molar-refractivity contribution in [3.8, 4) is 67.5 Å². The summed E-state index contributed by atoms with van der Waals surface area (Å²) in [6.07, 6.45) is 0. The van der Waals surface area contributed by atoms with Crippen LogP contribution >= 0.6 is 0 Å². The van der Waals surface area contributed by atoms with Crippen molar-refractivity contribution in [2.24, 2.45) is 0 Å². The van der Waals surface area contributed by atoms with Gasteiger partial charge in [0.15, 0.2) is 17.5 Å². The predicted molar refractivity (Wildman–Crippen MR) is 217 cm³/mol. The van der Waals surface area contributed by atoms with E-state index in [0.29, 0.717) is 17.5 Å². The molecule has 0 saturated carbocycles. The van der Waals surface area contributed by atoms with Crippen molar-refractivity contribution >= 4 is 32.7 Å². The van der Waals surface area contributed by atoms with E-state index in [4.69, 9.17) is 19.4 Å². The fraction of sp³-hybridized carbons (Fsp3) is 0. The lowest BCUT2D eigenvalue weighted by molar-refractivity contribution is 0.669. The number of furan rings is 1. The number of aromatic nitrogens is 3. The lowest BCUT2D eigenvalue weighted by atomic mass is 9.95. The zero-order valence-corrected chi connectivity index (χ0v) is 28.6. The van der Waals surface area contributed by atoms with Crippen LogP contribution in [0.15, 0.2) is 192 Å². The van der Waals surface area contributed by atoms with Crippen LogP contribution < -0.4 is 0 Å². The molecule has 2 heterocycles. The molecule has 0 bridgehead atoms. The standard InChI is InChI=1S/C49H31N3O/c1-3-11-36(12-4-1)47-50-48(37-13-5-2-6-14-37)52-49(51-47)38-25-23-35(24-26-38)42-16-9-17-45-46(42)43-31-41(28-29-44(43)53-45)34-20-18-33(19-21-34)40-27-22-32-10-7-8-15-39(32)30-40/h1-31H. The molecular weight excluding hydrogens is 647 g/mol. The highest BCUT2D eigenvalue weighted by atomic mass is 16.3. The number of nitrogens with zero attached hydrogens (tertiary/aromatic N) is 3. The van der Waals surface area contributed by atoms with Crippen molar-refractivity contribution in [1.82, 2.24) is 15.0 Å². The van der Waals surface area contributed by atoms with E-state index in [1.165, 1.54) is 21.9 Å². The molecule has 0 fully saturated rings. The van der Waals surface area contributed by atoms with Gasteiger partial charge in [-0.2, -0.15) is 0 Å². The third-order valence-electron chi connectivity index (χ3n) is 9.95. The first-order valence-electron chi connectivity index (χ1n) is 17.8.